The summed E-state index contributed by atoms with van der Waals surface area (Å²) in [4.78, 5) is 0. The van der Waals surface area contributed by atoms with Gasteiger partial charge in [0.15, 0.2) is 0 Å². The molecule has 0 fully saturated rings. The van der Waals surface area contributed by atoms with Crippen LogP contribution in [-0.2, 0) is 0 Å². The molecule has 0 aliphatic carbocycles. The Labute approximate surface area is 121 Å². The van der Waals surface area contributed by atoms with E-state index in [-0.39, 0.29) is 5.02 Å². The van der Waals surface area contributed by atoms with Crippen molar-refractivity contribution >= 4 is 27.5 Å². The molecule has 0 bridgehead atoms. The van der Waals surface area contributed by atoms with Crippen molar-refractivity contribution in [3.63, 3.8) is 0 Å². The number of hydrogen-bond donors (Lipinski definition) is 1. The lowest BCUT2D eigenvalue weighted by Gasteiger charge is -2.17. The monoisotopic (exact) mass is 337 g/mol. The second-order valence-electron chi connectivity index (χ2n) is 4.53. The molecule has 0 aliphatic heterocycles. The third kappa shape index (κ3) is 4.75. The van der Waals surface area contributed by atoms with Gasteiger partial charge in [-0.05, 0) is 34.8 Å². The molecule has 0 radical (unpaired) electrons. The van der Waals surface area contributed by atoms with Gasteiger partial charge in [0.2, 0.25) is 0 Å². The predicted octanol–water partition coefficient (Wildman–Crippen LogP) is 4.25. The molecule has 2 nitrogen and oxygen atoms in total. The van der Waals surface area contributed by atoms with Gasteiger partial charge in [-0.1, -0.05) is 25.4 Å². The summed E-state index contributed by atoms with van der Waals surface area (Å²) in [6.45, 7) is 7.64. The lowest BCUT2D eigenvalue weighted by Crippen LogP contribution is -2.33. The maximum atomic E-state index is 13.3. The van der Waals surface area contributed by atoms with Crippen LogP contribution in [0.2, 0.25) is 5.02 Å². The Morgan fingerprint density at radius 3 is 2.67 bits per heavy atom. The average molecular weight is 339 g/mol. The van der Waals surface area contributed by atoms with E-state index < -0.39 is 5.82 Å². The molecule has 5 heteroatoms. The molecule has 18 heavy (non-hydrogen) atoms. The van der Waals surface area contributed by atoms with E-state index in [4.69, 9.17) is 16.3 Å². The first kappa shape index (κ1) is 15.7. The van der Waals surface area contributed by atoms with Crippen molar-refractivity contribution in [1.29, 1.82) is 0 Å². The number of rotatable bonds is 6. The fraction of sp³-hybridized carbons (Fsp3) is 0.538. The first-order valence-electron chi connectivity index (χ1n) is 5.92. The standard InChI is InChI=1S/C13H18BrClFNO/c1-8(2)9(3)17-4-5-18-13-7-12(16)11(15)6-10(13)14/h6-9,17H,4-5H2,1-3H3. The number of hydrogen-bond acceptors (Lipinski definition) is 2. The average Bonchev–Trinajstić information content (AvgIpc) is 2.30. The van der Waals surface area contributed by atoms with Crippen LogP contribution in [0, 0.1) is 11.7 Å². The minimum atomic E-state index is -0.474. The van der Waals surface area contributed by atoms with Crippen molar-refractivity contribution < 1.29 is 9.13 Å². The number of halogens is 3. The van der Waals surface area contributed by atoms with E-state index in [1.54, 1.807) is 0 Å². The highest BCUT2D eigenvalue weighted by Gasteiger charge is 2.09. The molecule has 1 N–H and O–H groups in total. The molecule has 0 amide bonds. The molecule has 0 heterocycles. The summed E-state index contributed by atoms with van der Waals surface area (Å²) in [5, 5.41) is 3.42. The molecule has 0 saturated carbocycles. The van der Waals surface area contributed by atoms with Crippen LogP contribution in [0.4, 0.5) is 4.39 Å². The fourth-order valence-corrected chi connectivity index (χ4v) is 2.05. The molecule has 1 atom stereocenters. The Bertz CT molecular complexity index is 401. The van der Waals surface area contributed by atoms with E-state index in [0.29, 0.717) is 28.8 Å². The first-order valence-corrected chi connectivity index (χ1v) is 7.09. The first-order chi connectivity index (χ1) is 8.41. The molecule has 1 aromatic rings. The second-order valence-corrected chi connectivity index (χ2v) is 5.79. The van der Waals surface area contributed by atoms with Crippen LogP contribution in [0.15, 0.2) is 16.6 Å². The quantitative estimate of drug-likeness (QED) is 0.618. The van der Waals surface area contributed by atoms with Crippen molar-refractivity contribution in [1.82, 2.24) is 5.32 Å². The van der Waals surface area contributed by atoms with Crippen molar-refractivity contribution in [2.75, 3.05) is 13.2 Å². The maximum absolute atomic E-state index is 13.3. The largest absolute Gasteiger partial charge is 0.491 e. The summed E-state index contributed by atoms with van der Waals surface area (Å²) < 4.78 is 19.4. The summed E-state index contributed by atoms with van der Waals surface area (Å²) in [6.07, 6.45) is 0. The Hall–Kier alpha value is -0.320. The van der Waals surface area contributed by atoms with Crippen LogP contribution in [0.1, 0.15) is 20.8 Å². The van der Waals surface area contributed by atoms with E-state index in [0.717, 1.165) is 6.54 Å². The number of ether oxygens (including phenoxy) is 1. The predicted molar refractivity (Wildman–Crippen MR) is 76.9 cm³/mol. The summed E-state index contributed by atoms with van der Waals surface area (Å²) in [7, 11) is 0. The van der Waals surface area contributed by atoms with Crippen molar-refractivity contribution in [2.24, 2.45) is 5.92 Å². The smallest absolute Gasteiger partial charge is 0.145 e. The fourth-order valence-electron chi connectivity index (χ4n) is 1.30. The highest BCUT2D eigenvalue weighted by molar-refractivity contribution is 9.10. The van der Waals surface area contributed by atoms with Crippen LogP contribution in [0.3, 0.4) is 0 Å². The topological polar surface area (TPSA) is 21.3 Å². The minimum Gasteiger partial charge on any atom is -0.491 e. The van der Waals surface area contributed by atoms with Gasteiger partial charge in [-0.25, -0.2) is 4.39 Å². The van der Waals surface area contributed by atoms with E-state index in [9.17, 15) is 4.39 Å². The number of benzene rings is 1. The van der Waals surface area contributed by atoms with Crippen LogP contribution in [0.5, 0.6) is 5.75 Å². The molecule has 102 valence electrons. The number of nitrogens with one attached hydrogen (secondary N) is 1. The van der Waals surface area contributed by atoms with Crippen LogP contribution in [0.25, 0.3) is 0 Å². The zero-order chi connectivity index (χ0) is 13.7. The third-order valence-corrected chi connectivity index (χ3v) is 3.71. The van der Waals surface area contributed by atoms with Gasteiger partial charge in [0.25, 0.3) is 0 Å². The molecule has 1 rings (SSSR count). The van der Waals surface area contributed by atoms with Crippen LogP contribution < -0.4 is 10.1 Å². The van der Waals surface area contributed by atoms with Gasteiger partial charge in [0.05, 0.1) is 9.50 Å². The Balaban J connectivity index is 2.42. The highest BCUT2D eigenvalue weighted by atomic mass is 79.9. The van der Waals surface area contributed by atoms with E-state index in [2.05, 4.69) is 42.0 Å². The molecule has 1 aromatic carbocycles. The van der Waals surface area contributed by atoms with Gasteiger partial charge in [-0.3, -0.25) is 0 Å². The van der Waals surface area contributed by atoms with Gasteiger partial charge in [0.1, 0.15) is 18.2 Å². The maximum Gasteiger partial charge on any atom is 0.145 e. The summed E-state index contributed by atoms with van der Waals surface area (Å²) >= 11 is 8.94. The molecular weight excluding hydrogens is 321 g/mol. The van der Waals surface area contributed by atoms with E-state index in [1.165, 1.54) is 12.1 Å². The molecule has 1 unspecified atom stereocenters. The summed E-state index contributed by atoms with van der Waals surface area (Å²) in [5.41, 5.74) is 0. The third-order valence-electron chi connectivity index (χ3n) is 2.80. The van der Waals surface area contributed by atoms with Gasteiger partial charge in [-0.2, -0.15) is 0 Å². The van der Waals surface area contributed by atoms with E-state index in [1.807, 2.05) is 0 Å². The molecular formula is C13H18BrClFNO. The minimum absolute atomic E-state index is 0.0841. The lowest BCUT2D eigenvalue weighted by atomic mass is 10.1. The summed E-state index contributed by atoms with van der Waals surface area (Å²) in [5.74, 6) is 0.569. The van der Waals surface area contributed by atoms with Crippen LogP contribution >= 0.6 is 27.5 Å². The molecule has 0 aromatic heterocycles. The normalized spacial score (nSPS) is 12.8. The van der Waals surface area contributed by atoms with Crippen molar-refractivity contribution in [3.8, 4) is 5.75 Å². The summed E-state index contributed by atoms with van der Waals surface area (Å²) in [6, 6.07) is 3.22. The van der Waals surface area contributed by atoms with Crippen molar-refractivity contribution in [3.05, 3.63) is 27.4 Å². The highest BCUT2D eigenvalue weighted by Crippen LogP contribution is 2.30. The SMILES string of the molecule is CC(C)C(C)NCCOc1cc(F)c(Cl)cc1Br. The van der Waals surface area contributed by atoms with Gasteiger partial charge in [0, 0.05) is 18.7 Å². The molecule has 0 saturated heterocycles. The van der Waals surface area contributed by atoms with Crippen molar-refractivity contribution in [2.45, 2.75) is 26.8 Å². The molecule has 0 aliphatic rings. The van der Waals surface area contributed by atoms with Gasteiger partial charge < -0.3 is 10.1 Å². The Morgan fingerprint density at radius 1 is 1.39 bits per heavy atom. The van der Waals surface area contributed by atoms with Crippen LogP contribution in [-0.4, -0.2) is 19.2 Å². The zero-order valence-corrected chi connectivity index (χ0v) is 13.1. The zero-order valence-electron chi connectivity index (χ0n) is 10.8. The Kier molecular flexibility index (Phi) is 6.39. The second kappa shape index (κ2) is 7.31. The van der Waals surface area contributed by atoms with Gasteiger partial charge in [-0.15, -0.1) is 0 Å². The molecule has 0 spiro atoms. The Morgan fingerprint density at radius 2 is 2.06 bits per heavy atom. The van der Waals surface area contributed by atoms with Gasteiger partial charge >= 0.3 is 0 Å². The lowest BCUT2D eigenvalue weighted by molar-refractivity contribution is 0.294. The van der Waals surface area contributed by atoms with E-state index >= 15 is 0 Å².